The van der Waals surface area contributed by atoms with Crippen LogP contribution >= 0.6 is 11.6 Å². The van der Waals surface area contributed by atoms with Crippen molar-refractivity contribution in [1.29, 1.82) is 0 Å². The smallest absolute Gasteiger partial charge is 0.417 e. The lowest BCUT2D eigenvalue weighted by atomic mass is 10.1. The molecular formula is C20H19ClF3NO5. The maximum Gasteiger partial charge on any atom is 0.417 e. The molecule has 0 fully saturated rings. The van der Waals surface area contributed by atoms with Crippen LogP contribution in [-0.4, -0.2) is 37.9 Å². The Morgan fingerprint density at radius 3 is 2.63 bits per heavy atom. The molecule has 1 heterocycles. The van der Waals surface area contributed by atoms with E-state index < -0.39 is 17.7 Å². The van der Waals surface area contributed by atoms with E-state index in [9.17, 15) is 18.0 Å². The van der Waals surface area contributed by atoms with Crippen LogP contribution < -0.4 is 9.47 Å². The standard InChI is InChI=1S/C20H19ClF3NO5/c1-3-28-18(26)7-5-13-4-6-15(29-9-8-27-2)11-17(13)30-19-16(21)10-14(12-25-19)20(22,23)24/h4-7,10-12H,3,8-9H2,1-2H3/b7-5-. The summed E-state index contributed by atoms with van der Waals surface area (Å²) < 4.78 is 59.3. The second-order valence-corrected chi connectivity index (χ2v) is 6.14. The number of ether oxygens (including phenoxy) is 4. The lowest BCUT2D eigenvalue weighted by Crippen LogP contribution is -2.06. The Hall–Kier alpha value is -2.78. The van der Waals surface area contributed by atoms with E-state index in [-0.39, 0.29) is 29.9 Å². The minimum absolute atomic E-state index is 0.166. The molecule has 0 aliphatic rings. The number of esters is 1. The molecule has 0 radical (unpaired) electrons. The molecule has 30 heavy (non-hydrogen) atoms. The van der Waals surface area contributed by atoms with Crippen molar-refractivity contribution in [3.8, 4) is 17.4 Å². The highest BCUT2D eigenvalue weighted by Crippen LogP contribution is 2.36. The first-order valence-corrected chi connectivity index (χ1v) is 9.13. The zero-order chi connectivity index (χ0) is 22.1. The maximum atomic E-state index is 12.8. The predicted octanol–water partition coefficient (Wildman–Crippen LogP) is 5.15. The van der Waals surface area contributed by atoms with Gasteiger partial charge in [-0.1, -0.05) is 11.6 Å². The second kappa shape index (κ2) is 10.8. The average molecular weight is 446 g/mol. The van der Waals surface area contributed by atoms with Crippen molar-refractivity contribution in [3.63, 3.8) is 0 Å². The molecule has 0 saturated carbocycles. The highest BCUT2D eigenvalue weighted by molar-refractivity contribution is 6.31. The number of nitrogens with zero attached hydrogens (tertiary/aromatic N) is 1. The fraction of sp³-hybridized carbons (Fsp3) is 0.300. The molecule has 6 nitrogen and oxygen atoms in total. The number of carbonyl (C=O) groups excluding carboxylic acids is 1. The van der Waals surface area contributed by atoms with Gasteiger partial charge in [-0.05, 0) is 31.2 Å². The summed E-state index contributed by atoms with van der Waals surface area (Å²) in [5.74, 6) is -0.211. The van der Waals surface area contributed by atoms with Crippen LogP contribution in [0.3, 0.4) is 0 Å². The van der Waals surface area contributed by atoms with Gasteiger partial charge in [0.2, 0.25) is 5.88 Å². The molecule has 0 saturated heterocycles. The van der Waals surface area contributed by atoms with E-state index in [4.69, 9.17) is 30.5 Å². The number of halogens is 4. The number of rotatable bonds is 9. The first-order valence-electron chi connectivity index (χ1n) is 8.75. The largest absolute Gasteiger partial charge is 0.491 e. The molecule has 0 atom stereocenters. The first kappa shape index (κ1) is 23.5. The van der Waals surface area contributed by atoms with Gasteiger partial charge in [-0.25, -0.2) is 9.78 Å². The van der Waals surface area contributed by atoms with Gasteiger partial charge >= 0.3 is 12.1 Å². The number of hydrogen-bond donors (Lipinski definition) is 0. The van der Waals surface area contributed by atoms with E-state index in [1.165, 1.54) is 25.3 Å². The summed E-state index contributed by atoms with van der Waals surface area (Å²) in [5.41, 5.74) is -0.571. The summed E-state index contributed by atoms with van der Waals surface area (Å²) in [5, 5.41) is -0.323. The third kappa shape index (κ3) is 6.93. The third-order valence-corrected chi connectivity index (χ3v) is 3.84. The van der Waals surface area contributed by atoms with Crippen LogP contribution in [0.15, 0.2) is 36.5 Å². The summed E-state index contributed by atoms with van der Waals surface area (Å²) >= 11 is 5.92. The molecular weight excluding hydrogens is 427 g/mol. The lowest BCUT2D eigenvalue weighted by Gasteiger charge is -2.13. The first-order chi connectivity index (χ1) is 14.2. The molecule has 2 rings (SSSR count). The Bertz CT molecular complexity index is 902. The van der Waals surface area contributed by atoms with Crippen LogP contribution in [-0.2, 0) is 20.4 Å². The van der Waals surface area contributed by atoms with Crippen LogP contribution in [0, 0.1) is 0 Å². The third-order valence-electron chi connectivity index (χ3n) is 3.57. The molecule has 0 bridgehead atoms. The van der Waals surface area contributed by atoms with E-state index in [0.717, 1.165) is 6.07 Å². The monoisotopic (exact) mass is 445 g/mol. The summed E-state index contributed by atoms with van der Waals surface area (Å²) in [4.78, 5) is 15.2. The Morgan fingerprint density at radius 2 is 2.00 bits per heavy atom. The molecule has 10 heteroatoms. The number of methoxy groups -OCH3 is 1. The molecule has 0 N–H and O–H groups in total. The summed E-state index contributed by atoms with van der Waals surface area (Å²) in [7, 11) is 1.53. The van der Waals surface area contributed by atoms with E-state index in [1.54, 1.807) is 19.1 Å². The lowest BCUT2D eigenvalue weighted by molar-refractivity contribution is -0.138. The molecule has 0 unspecified atom stereocenters. The predicted molar refractivity (Wildman–Crippen MR) is 104 cm³/mol. The highest BCUT2D eigenvalue weighted by atomic mass is 35.5. The minimum atomic E-state index is -4.59. The SMILES string of the molecule is CCOC(=O)/C=C\c1ccc(OCCOC)cc1Oc1ncc(C(F)(F)F)cc1Cl. The van der Waals surface area contributed by atoms with Gasteiger partial charge < -0.3 is 18.9 Å². The highest BCUT2D eigenvalue weighted by Gasteiger charge is 2.31. The average Bonchev–Trinajstić information content (AvgIpc) is 2.68. The van der Waals surface area contributed by atoms with E-state index in [1.807, 2.05) is 0 Å². The van der Waals surface area contributed by atoms with Crippen LogP contribution in [0.5, 0.6) is 17.4 Å². The van der Waals surface area contributed by atoms with Gasteiger partial charge in [-0.15, -0.1) is 0 Å². The Balaban J connectivity index is 2.34. The van der Waals surface area contributed by atoms with Crippen molar-refractivity contribution < 1.29 is 36.9 Å². The topological polar surface area (TPSA) is 66.9 Å². The van der Waals surface area contributed by atoms with Crippen molar-refractivity contribution >= 4 is 23.6 Å². The van der Waals surface area contributed by atoms with E-state index in [2.05, 4.69) is 4.98 Å². The fourth-order valence-electron chi connectivity index (χ4n) is 2.18. The summed E-state index contributed by atoms with van der Waals surface area (Å²) in [6.07, 6.45) is -1.34. The Labute approximate surface area is 176 Å². The summed E-state index contributed by atoms with van der Waals surface area (Å²) in [6.45, 7) is 2.51. The van der Waals surface area contributed by atoms with Crippen LogP contribution in [0.2, 0.25) is 5.02 Å². The zero-order valence-corrected chi connectivity index (χ0v) is 16.9. The summed E-state index contributed by atoms with van der Waals surface area (Å²) in [6, 6.07) is 5.45. The Kier molecular flexibility index (Phi) is 8.49. The molecule has 0 aliphatic carbocycles. The molecule has 0 spiro atoms. The van der Waals surface area contributed by atoms with Gasteiger partial charge in [0.1, 0.15) is 23.1 Å². The normalized spacial score (nSPS) is 11.5. The van der Waals surface area contributed by atoms with Gasteiger partial charge in [-0.2, -0.15) is 13.2 Å². The maximum absolute atomic E-state index is 12.8. The van der Waals surface area contributed by atoms with Crippen molar-refractivity contribution in [2.75, 3.05) is 26.9 Å². The minimum Gasteiger partial charge on any atom is -0.491 e. The van der Waals surface area contributed by atoms with Crippen molar-refractivity contribution in [2.24, 2.45) is 0 Å². The number of hydrogen-bond acceptors (Lipinski definition) is 6. The molecule has 1 aromatic carbocycles. The van der Waals surface area contributed by atoms with Crippen molar-refractivity contribution in [3.05, 3.63) is 52.7 Å². The zero-order valence-electron chi connectivity index (χ0n) is 16.2. The van der Waals surface area contributed by atoms with Gasteiger partial charge in [0, 0.05) is 31.0 Å². The molecule has 2 aromatic rings. The molecule has 0 amide bonds. The van der Waals surface area contributed by atoms with Crippen LogP contribution in [0.1, 0.15) is 18.1 Å². The quantitative estimate of drug-likeness (QED) is 0.302. The van der Waals surface area contributed by atoms with Crippen LogP contribution in [0.25, 0.3) is 6.08 Å². The number of pyridine rings is 1. The van der Waals surface area contributed by atoms with Gasteiger partial charge in [-0.3, -0.25) is 0 Å². The van der Waals surface area contributed by atoms with E-state index in [0.29, 0.717) is 24.1 Å². The molecule has 0 aliphatic heterocycles. The van der Waals surface area contributed by atoms with Gasteiger partial charge in [0.15, 0.2) is 0 Å². The van der Waals surface area contributed by atoms with Gasteiger partial charge in [0.05, 0.1) is 18.8 Å². The van der Waals surface area contributed by atoms with Crippen molar-refractivity contribution in [2.45, 2.75) is 13.1 Å². The number of benzene rings is 1. The molecule has 1 aromatic heterocycles. The second-order valence-electron chi connectivity index (χ2n) is 5.74. The Morgan fingerprint density at radius 1 is 1.23 bits per heavy atom. The number of alkyl halides is 3. The molecule has 162 valence electrons. The van der Waals surface area contributed by atoms with Crippen molar-refractivity contribution in [1.82, 2.24) is 4.98 Å². The van der Waals surface area contributed by atoms with Gasteiger partial charge in [0.25, 0.3) is 0 Å². The number of carbonyl (C=O) groups is 1. The van der Waals surface area contributed by atoms with Crippen LogP contribution in [0.4, 0.5) is 13.2 Å². The number of aromatic nitrogens is 1. The fourth-order valence-corrected chi connectivity index (χ4v) is 2.39. The van der Waals surface area contributed by atoms with E-state index >= 15 is 0 Å².